The number of amides is 1. The minimum Gasteiger partial charge on any atom is -0.494 e. The molecule has 1 amide bonds. The first kappa shape index (κ1) is 17.4. The third kappa shape index (κ3) is 6.12. The number of benzene rings is 1. The van der Waals surface area contributed by atoms with Gasteiger partial charge in [0.1, 0.15) is 0 Å². The fourth-order valence-corrected chi connectivity index (χ4v) is 2.21. The van der Waals surface area contributed by atoms with Crippen molar-refractivity contribution in [2.24, 2.45) is 11.7 Å². The second-order valence-electron chi connectivity index (χ2n) is 5.60. The number of hydrogen-bond acceptors (Lipinski definition) is 3. The average molecular weight is 296 g/mol. The van der Waals surface area contributed by atoms with Gasteiger partial charge in [0.05, 0.1) is 7.11 Å². The predicted molar refractivity (Wildman–Crippen MR) is 81.7 cm³/mol. The zero-order valence-corrected chi connectivity index (χ0v) is 13.0. The van der Waals surface area contributed by atoms with Crippen molar-refractivity contribution >= 4 is 5.91 Å². The molecule has 0 heterocycles. The van der Waals surface area contributed by atoms with Crippen molar-refractivity contribution in [3.05, 3.63) is 29.6 Å². The van der Waals surface area contributed by atoms with Crippen molar-refractivity contribution in [1.29, 1.82) is 0 Å². The van der Waals surface area contributed by atoms with Crippen LogP contribution in [0.3, 0.4) is 0 Å². The quantitative estimate of drug-likeness (QED) is 0.773. The summed E-state index contributed by atoms with van der Waals surface area (Å²) in [7, 11) is 1.42. The predicted octanol–water partition coefficient (Wildman–Crippen LogP) is 2.26. The highest BCUT2D eigenvalue weighted by molar-refractivity contribution is 5.76. The highest BCUT2D eigenvalue weighted by atomic mass is 19.1. The third-order valence-corrected chi connectivity index (χ3v) is 3.26. The molecule has 5 heteroatoms. The van der Waals surface area contributed by atoms with Crippen LogP contribution in [0.2, 0.25) is 0 Å². The van der Waals surface area contributed by atoms with Gasteiger partial charge in [-0.2, -0.15) is 0 Å². The van der Waals surface area contributed by atoms with Crippen LogP contribution < -0.4 is 15.8 Å². The molecule has 0 fully saturated rings. The molecule has 0 aliphatic heterocycles. The maximum atomic E-state index is 13.5. The molecule has 0 saturated carbocycles. The van der Waals surface area contributed by atoms with E-state index in [-0.39, 0.29) is 17.7 Å². The molecule has 0 radical (unpaired) electrons. The molecule has 21 heavy (non-hydrogen) atoms. The number of carbonyl (C=O) groups is 1. The van der Waals surface area contributed by atoms with Crippen molar-refractivity contribution in [2.45, 2.75) is 39.2 Å². The topological polar surface area (TPSA) is 64.3 Å². The van der Waals surface area contributed by atoms with E-state index in [0.717, 1.165) is 12.0 Å². The smallest absolute Gasteiger partial charge is 0.220 e. The summed E-state index contributed by atoms with van der Waals surface area (Å²) in [5.41, 5.74) is 6.42. The fraction of sp³-hybridized carbons (Fsp3) is 0.562. The summed E-state index contributed by atoms with van der Waals surface area (Å²) >= 11 is 0. The van der Waals surface area contributed by atoms with Crippen molar-refractivity contribution in [3.8, 4) is 5.75 Å². The number of aryl methyl sites for hydroxylation is 1. The van der Waals surface area contributed by atoms with E-state index in [0.29, 0.717) is 25.3 Å². The van der Waals surface area contributed by atoms with Gasteiger partial charge >= 0.3 is 0 Å². The summed E-state index contributed by atoms with van der Waals surface area (Å²) in [6, 6.07) is 4.75. The van der Waals surface area contributed by atoms with E-state index < -0.39 is 5.82 Å². The molecule has 1 aromatic carbocycles. The van der Waals surface area contributed by atoms with E-state index in [1.54, 1.807) is 12.1 Å². The highest BCUT2D eigenvalue weighted by Gasteiger charge is 2.12. The maximum absolute atomic E-state index is 13.5. The number of rotatable bonds is 8. The molecule has 0 aromatic heterocycles. The monoisotopic (exact) mass is 296 g/mol. The Hall–Kier alpha value is -1.62. The molecule has 3 N–H and O–H groups in total. The van der Waals surface area contributed by atoms with Crippen LogP contribution in [-0.2, 0) is 11.2 Å². The first-order valence-corrected chi connectivity index (χ1v) is 7.28. The molecule has 0 aliphatic carbocycles. The van der Waals surface area contributed by atoms with Gasteiger partial charge < -0.3 is 15.8 Å². The van der Waals surface area contributed by atoms with Crippen LogP contribution in [0.5, 0.6) is 5.75 Å². The molecule has 1 atom stereocenters. The van der Waals surface area contributed by atoms with Gasteiger partial charge in [0.25, 0.3) is 0 Å². The van der Waals surface area contributed by atoms with Gasteiger partial charge in [-0.3, -0.25) is 4.79 Å². The van der Waals surface area contributed by atoms with E-state index >= 15 is 0 Å². The van der Waals surface area contributed by atoms with Gasteiger partial charge in [-0.05, 0) is 36.5 Å². The molecule has 1 aromatic rings. The summed E-state index contributed by atoms with van der Waals surface area (Å²) < 4.78 is 18.4. The van der Waals surface area contributed by atoms with E-state index in [1.807, 2.05) is 0 Å². The Kier molecular flexibility index (Phi) is 7.15. The Labute approximate surface area is 125 Å². The molecule has 0 aliphatic rings. The van der Waals surface area contributed by atoms with Crippen LogP contribution in [0, 0.1) is 11.7 Å². The van der Waals surface area contributed by atoms with E-state index in [4.69, 9.17) is 10.5 Å². The lowest BCUT2D eigenvalue weighted by atomic mass is 10.0. The zero-order valence-electron chi connectivity index (χ0n) is 13.0. The van der Waals surface area contributed by atoms with Crippen LogP contribution in [0.4, 0.5) is 4.39 Å². The standard InChI is InChI=1S/C16H25FN2O2/c1-11(2)8-13(10-18)19-16(20)7-5-12-4-6-15(21-3)14(17)9-12/h4,6,9,11,13H,5,7-8,10,18H2,1-3H3,(H,19,20). The molecule has 4 nitrogen and oxygen atoms in total. The van der Waals surface area contributed by atoms with Gasteiger partial charge in [-0.15, -0.1) is 0 Å². The van der Waals surface area contributed by atoms with Crippen molar-refractivity contribution in [2.75, 3.05) is 13.7 Å². The largest absolute Gasteiger partial charge is 0.494 e. The Morgan fingerprint density at radius 1 is 1.43 bits per heavy atom. The number of carbonyl (C=O) groups excluding carboxylic acids is 1. The van der Waals surface area contributed by atoms with Crippen LogP contribution in [0.25, 0.3) is 0 Å². The molecule has 0 spiro atoms. The molecule has 118 valence electrons. The Morgan fingerprint density at radius 3 is 2.67 bits per heavy atom. The van der Waals surface area contributed by atoms with Gasteiger partial charge in [0.15, 0.2) is 11.6 Å². The van der Waals surface area contributed by atoms with Crippen molar-refractivity contribution in [1.82, 2.24) is 5.32 Å². The normalized spacial score (nSPS) is 12.3. The average Bonchev–Trinajstić information content (AvgIpc) is 2.44. The van der Waals surface area contributed by atoms with Crippen LogP contribution in [0.15, 0.2) is 18.2 Å². The minimum absolute atomic E-state index is 0.00473. The first-order chi connectivity index (χ1) is 9.96. The molecule has 1 rings (SSSR count). The lowest BCUT2D eigenvalue weighted by molar-refractivity contribution is -0.121. The van der Waals surface area contributed by atoms with Crippen LogP contribution in [0.1, 0.15) is 32.3 Å². The zero-order chi connectivity index (χ0) is 15.8. The summed E-state index contributed by atoms with van der Waals surface area (Å²) in [6.45, 7) is 4.62. The molecular weight excluding hydrogens is 271 g/mol. The van der Waals surface area contributed by atoms with Gasteiger partial charge in [0, 0.05) is 19.0 Å². The second kappa shape index (κ2) is 8.62. The molecule has 1 unspecified atom stereocenters. The summed E-state index contributed by atoms with van der Waals surface area (Å²) in [5, 5.41) is 2.92. The van der Waals surface area contributed by atoms with Crippen molar-refractivity contribution < 1.29 is 13.9 Å². The van der Waals surface area contributed by atoms with Gasteiger partial charge in [-0.25, -0.2) is 4.39 Å². The SMILES string of the molecule is COc1ccc(CCC(=O)NC(CN)CC(C)C)cc1F. The highest BCUT2D eigenvalue weighted by Crippen LogP contribution is 2.18. The number of halogens is 1. The second-order valence-corrected chi connectivity index (χ2v) is 5.60. The van der Waals surface area contributed by atoms with Crippen molar-refractivity contribution in [3.63, 3.8) is 0 Å². The lowest BCUT2D eigenvalue weighted by Crippen LogP contribution is -2.41. The summed E-state index contributed by atoms with van der Waals surface area (Å²) in [6.07, 6.45) is 1.67. The lowest BCUT2D eigenvalue weighted by Gasteiger charge is -2.18. The number of methoxy groups -OCH3 is 1. The maximum Gasteiger partial charge on any atom is 0.220 e. The van der Waals surface area contributed by atoms with Crippen LogP contribution >= 0.6 is 0 Å². The van der Waals surface area contributed by atoms with E-state index in [2.05, 4.69) is 19.2 Å². The fourth-order valence-electron chi connectivity index (χ4n) is 2.21. The Balaban J connectivity index is 2.47. The number of hydrogen-bond donors (Lipinski definition) is 2. The van der Waals surface area contributed by atoms with E-state index in [1.165, 1.54) is 13.2 Å². The van der Waals surface area contributed by atoms with Crippen LogP contribution in [-0.4, -0.2) is 25.6 Å². The van der Waals surface area contributed by atoms with Gasteiger partial charge in [-0.1, -0.05) is 19.9 Å². The summed E-state index contributed by atoms with van der Waals surface area (Å²) in [5.74, 6) is 0.232. The minimum atomic E-state index is -0.407. The number of ether oxygens (including phenoxy) is 1. The number of nitrogens with one attached hydrogen (secondary N) is 1. The van der Waals surface area contributed by atoms with Gasteiger partial charge in [0.2, 0.25) is 5.91 Å². The molecule has 0 bridgehead atoms. The molecular formula is C16H25FN2O2. The summed E-state index contributed by atoms with van der Waals surface area (Å²) in [4.78, 5) is 11.9. The number of nitrogens with two attached hydrogens (primary N) is 1. The first-order valence-electron chi connectivity index (χ1n) is 7.28. The van der Waals surface area contributed by atoms with E-state index in [9.17, 15) is 9.18 Å². The molecule has 0 saturated heterocycles. The third-order valence-electron chi connectivity index (χ3n) is 3.26. The Morgan fingerprint density at radius 2 is 2.14 bits per heavy atom. The Bertz CT molecular complexity index is 464.